The number of benzene rings is 1. The molecule has 8 nitrogen and oxygen atoms in total. The number of hydrogen-bond donors (Lipinski definition) is 1. The molecule has 0 saturated heterocycles. The molecule has 164 valence electrons. The van der Waals surface area contributed by atoms with Gasteiger partial charge in [-0.05, 0) is 35.7 Å². The van der Waals surface area contributed by atoms with E-state index in [2.05, 4.69) is 20.6 Å². The number of hydrogen-bond acceptors (Lipinski definition) is 5. The van der Waals surface area contributed by atoms with E-state index in [4.69, 9.17) is 0 Å². The number of pyridine rings is 1. The summed E-state index contributed by atoms with van der Waals surface area (Å²) in [6.45, 7) is 3.53. The van der Waals surface area contributed by atoms with E-state index in [-0.39, 0.29) is 18.9 Å². The maximum atomic E-state index is 13.5. The van der Waals surface area contributed by atoms with Crippen molar-refractivity contribution in [2.45, 2.75) is 44.6 Å². The third kappa shape index (κ3) is 3.51. The minimum Gasteiger partial charge on any atom is -0.323 e. The van der Waals surface area contributed by atoms with Crippen LogP contribution in [0, 0.1) is 0 Å². The molecule has 3 heterocycles. The Labute approximate surface area is 180 Å². The molecule has 1 aliphatic carbocycles. The second kappa shape index (κ2) is 7.18. The second-order valence-corrected chi connectivity index (χ2v) is 8.39. The molecule has 0 bridgehead atoms. The van der Waals surface area contributed by atoms with Gasteiger partial charge in [0.15, 0.2) is 5.65 Å². The van der Waals surface area contributed by atoms with Gasteiger partial charge in [0.25, 0.3) is 11.5 Å². The van der Waals surface area contributed by atoms with Gasteiger partial charge in [-0.2, -0.15) is 5.10 Å². The summed E-state index contributed by atoms with van der Waals surface area (Å²) in [6.07, 6.45) is 3.00. The number of anilines is 1. The Hall–Kier alpha value is -3.69. The summed E-state index contributed by atoms with van der Waals surface area (Å²) in [7, 11) is 0. The Morgan fingerprint density at radius 3 is 2.75 bits per heavy atom. The standard InChI is InChI=1S/C22H20F2N6O2/c1-12(2)20-16-7-13(17-8-22(17,23)24)3-5-15(16)21(32)30(28-20)10-19(31)26-14-4-6-18-27-25-11-29(18)9-14/h3-7,9,11-12,17H,8,10H2,1-2H3,(H,26,31). The van der Waals surface area contributed by atoms with Crippen molar-refractivity contribution < 1.29 is 13.6 Å². The first kappa shape index (κ1) is 20.2. The zero-order valence-electron chi connectivity index (χ0n) is 17.4. The molecule has 0 radical (unpaired) electrons. The lowest BCUT2D eigenvalue weighted by atomic mass is 9.99. The third-order valence-corrected chi connectivity index (χ3v) is 5.66. The van der Waals surface area contributed by atoms with Crippen molar-refractivity contribution in [1.82, 2.24) is 24.4 Å². The summed E-state index contributed by atoms with van der Waals surface area (Å²) in [5.74, 6) is -4.00. The van der Waals surface area contributed by atoms with Gasteiger partial charge < -0.3 is 5.32 Å². The van der Waals surface area contributed by atoms with Gasteiger partial charge in [0.1, 0.15) is 12.9 Å². The van der Waals surface area contributed by atoms with Gasteiger partial charge in [0.2, 0.25) is 5.91 Å². The molecule has 1 unspecified atom stereocenters. The van der Waals surface area contributed by atoms with Gasteiger partial charge in [-0.15, -0.1) is 10.2 Å². The molecule has 1 aromatic carbocycles. The van der Waals surface area contributed by atoms with Crippen LogP contribution in [0.1, 0.15) is 43.4 Å². The SMILES string of the molecule is CC(C)c1nn(CC(=O)Nc2ccc3nncn3c2)c(=O)c2ccc(C3CC3(F)F)cc12. The van der Waals surface area contributed by atoms with Crippen molar-refractivity contribution in [2.75, 3.05) is 5.32 Å². The van der Waals surface area contributed by atoms with Crippen LogP contribution >= 0.6 is 0 Å². The first-order valence-corrected chi connectivity index (χ1v) is 10.2. The molecule has 32 heavy (non-hydrogen) atoms. The van der Waals surface area contributed by atoms with E-state index in [0.717, 1.165) is 4.68 Å². The second-order valence-electron chi connectivity index (χ2n) is 8.39. The molecule has 1 amide bonds. The van der Waals surface area contributed by atoms with Gasteiger partial charge in [-0.25, -0.2) is 13.5 Å². The number of carbonyl (C=O) groups excluding carboxylic acids is 1. The van der Waals surface area contributed by atoms with E-state index in [9.17, 15) is 18.4 Å². The lowest BCUT2D eigenvalue weighted by molar-refractivity contribution is -0.117. The highest BCUT2D eigenvalue weighted by Gasteiger charge is 2.57. The maximum absolute atomic E-state index is 13.5. The lowest BCUT2D eigenvalue weighted by Gasteiger charge is -2.14. The first-order chi connectivity index (χ1) is 15.2. The van der Waals surface area contributed by atoms with Crippen LogP contribution in [0.15, 0.2) is 47.7 Å². The summed E-state index contributed by atoms with van der Waals surface area (Å²) in [6, 6.07) is 8.17. The molecule has 4 aromatic rings. The fourth-order valence-electron chi connectivity index (χ4n) is 3.89. The van der Waals surface area contributed by atoms with E-state index in [1.807, 2.05) is 13.8 Å². The van der Waals surface area contributed by atoms with Gasteiger partial charge in [0.05, 0.1) is 22.7 Å². The average Bonchev–Trinajstić information content (AvgIpc) is 3.15. The predicted molar refractivity (Wildman–Crippen MR) is 114 cm³/mol. The first-order valence-electron chi connectivity index (χ1n) is 10.2. The Kier molecular flexibility index (Phi) is 4.54. The zero-order chi connectivity index (χ0) is 22.6. The Morgan fingerprint density at radius 2 is 2.03 bits per heavy atom. The molecule has 5 rings (SSSR count). The molecule has 1 fully saturated rings. The molecule has 0 spiro atoms. The molecule has 10 heteroatoms. The minimum absolute atomic E-state index is 0.0708. The monoisotopic (exact) mass is 438 g/mol. The van der Waals surface area contributed by atoms with E-state index < -0.39 is 23.3 Å². The van der Waals surface area contributed by atoms with Crippen LogP contribution in [-0.4, -0.2) is 36.2 Å². The number of carbonyl (C=O) groups is 1. The summed E-state index contributed by atoms with van der Waals surface area (Å²) >= 11 is 0. The number of nitrogens with zero attached hydrogens (tertiary/aromatic N) is 5. The largest absolute Gasteiger partial charge is 0.323 e. The highest BCUT2D eigenvalue weighted by molar-refractivity contribution is 5.91. The van der Waals surface area contributed by atoms with Crippen molar-refractivity contribution in [2.24, 2.45) is 0 Å². The minimum atomic E-state index is -2.69. The molecular formula is C22H20F2N6O2. The van der Waals surface area contributed by atoms with Crippen LogP contribution in [0.2, 0.25) is 0 Å². The van der Waals surface area contributed by atoms with Crippen molar-refractivity contribution in [3.8, 4) is 0 Å². The molecule has 1 saturated carbocycles. The third-order valence-electron chi connectivity index (χ3n) is 5.66. The Bertz CT molecular complexity index is 1430. The van der Waals surface area contributed by atoms with E-state index in [1.165, 1.54) is 6.33 Å². The normalized spacial score (nSPS) is 17.2. The average molecular weight is 438 g/mol. The molecule has 0 aliphatic heterocycles. The van der Waals surface area contributed by atoms with Crippen molar-refractivity contribution in [1.29, 1.82) is 0 Å². The fraction of sp³-hybridized carbons (Fsp3) is 0.318. The van der Waals surface area contributed by atoms with Gasteiger partial charge in [-0.1, -0.05) is 19.9 Å². The summed E-state index contributed by atoms with van der Waals surface area (Å²) in [5.41, 5.74) is 1.81. The van der Waals surface area contributed by atoms with Crippen LogP contribution in [-0.2, 0) is 11.3 Å². The molecule has 1 atom stereocenters. The summed E-state index contributed by atoms with van der Waals surface area (Å²) in [4.78, 5) is 25.6. The smallest absolute Gasteiger partial charge is 0.275 e. The van der Waals surface area contributed by atoms with Crippen LogP contribution in [0.3, 0.4) is 0 Å². The number of nitrogens with one attached hydrogen (secondary N) is 1. The number of rotatable bonds is 5. The van der Waals surface area contributed by atoms with Crippen molar-refractivity contribution in [3.05, 3.63) is 64.5 Å². The molecule has 1 N–H and O–H groups in total. The highest BCUT2D eigenvalue weighted by atomic mass is 19.3. The number of alkyl halides is 2. The lowest BCUT2D eigenvalue weighted by Crippen LogP contribution is -2.31. The zero-order valence-corrected chi connectivity index (χ0v) is 17.4. The molecular weight excluding hydrogens is 418 g/mol. The van der Waals surface area contributed by atoms with Crippen molar-refractivity contribution in [3.63, 3.8) is 0 Å². The topological polar surface area (TPSA) is 94.2 Å². The van der Waals surface area contributed by atoms with Gasteiger partial charge in [0, 0.05) is 18.0 Å². The van der Waals surface area contributed by atoms with Crippen LogP contribution in [0.5, 0.6) is 0 Å². The highest BCUT2D eigenvalue weighted by Crippen LogP contribution is 2.56. The number of fused-ring (bicyclic) bond motifs is 2. The van der Waals surface area contributed by atoms with E-state index in [1.54, 1.807) is 40.9 Å². The quantitative estimate of drug-likeness (QED) is 0.516. The van der Waals surface area contributed by atoms with E-state index >= 15 is 0 Å². The van der Waals surface area contributed by atoms with Crippen LogP contribution in [0.25, 0.3) is 16.4 Å². The summed E-state index contributed by atoms with van der Waals surface area (Å²) < 4.78 is 29.9. The Morgan fingerprint density at radius 1 is 1.25 bits per heavy atom. The van der Waals surface area contributed by atoms with E-state index in [0.29, 0.717) is 33.4 Å². The van der Waals surface area contributed by atoms with Gasteiger partial charge >= 0.3 is 0 Å². The number of halogens is 2. The number of amides is 1. The van der Waals surface area contributed by atoms with Crippen LogP contribution < -0.4 is 10.9 Å². The molecule has 3 aromatic heterocycles. The predicted octanol–water partition coefficient (Wildman–Crippen LogP) is 3.32. The summed E-state index contributed by atoms with van der Waals surface area (Å²) in [5, 5.41) is 15.8. The number of aromatic nitrogens is 5. The fourth-order valence-corrected chi connectivity index (χ4v) is 3.89. The Balaban J connectivity index is 1.46. The van der Waals surface area contributed by atoms with Crippen LogP contribution in [0.4, 0.5) is 14.5 Å². The maximum Gasteiger partial charge on any atom is 0.275 e. The van der Waals surface area contributed by atoms with Gasteiger partial charge in [-0.3, -0.25) is 14.0 Å². The van der Waals surface area contributed by atoms with Crippen molar-refractivity contribution >= 4 is 28.0 Å². The molecule has 1 aliphatic rings.